The van der Waals surface area contributed by atoms with E-state index in [1.165, 1.54) is 5.56 Å². The van der Waals surface area contributed by atoms with E-state index in [1.54, 1.807) is 0 Å². The van der Waals surface area contributed by atoms with E-state index in [4.69, 9.17) is 0 Å². The van der Waals surface area contributed by atoms with Crippen molar-refractivity contribution in [1.82, 2.24) is 14.8 Å². The predicted molar refractivity (Wildman–Crippen MR) is 105 cm³/mol. The van der Waals surface area contributed by atoms with Gasteiger partial charge in [-0.1, -0.05) is 18.2 Å². The maximum atomic E-state index is 12.4. The molecule has 2 aromatic rings. The molecule has 1 amide bonds. The highest BCUT2D eigenvalue weighted by Gasteiger charge is 2.24. The maximum absolute atomic E-state index is 12.4. The topological polar surface area (TPSA) is 54.3 Å². The fraction of sp³-hybridized carbons (Fsp3) is 0.524. The SMILES string of the molecule is CN(C)CCCCC(=O)NCCc1c2n(c3ccccc13)C(=O)CCC2. The van der Waals surface area contributed by atoms with E-state index in [9.17, 15) is 9.59 Å². The summed E-state index contributed by atoms with van der Waals surface area (Å²) in [7, 11) is 4.10. The van der Waals surface area contributed by atoms with Crippen molar-refractivity contribution < 1.29 is 9.59 Å². The van der Waals surface area contributed by atoms with Gasteiger partial charge in [0.05, 0.1) is 5.52 Å². The van der Waals surface area contributed by atoms with Crippen molar-refractivity contribution in [2.45, 2.75) is 44.9 Å². The highest BCUT2D eigenvalue weighted by atomic mass is 16.2. The second kappa shape index (κ2) is 8.49. The van der Waals surface area contributed by atoms with Crippen LogP contribution in [0.2, 0.25) is 0 Å². The number of hydrogen-bond acceptors (Lipinski definition) is 3. The lowest BCUT2D eigenvalue weighted by atomic mass is 10.0. The molecule has 2 heterocycles. The molecule has 0 radical (unpaired) electrons. The minimum atomic E-state index is 0.122. The van der Waals surface area contributed by atoms with Gasteiger partial charge in [0.1, 0.15) is 0 Å². The lowest BCUT2D eigenvalue weighted by Gasteiger charge is -2.16. The van der Waals surface area contributed by atoms with Crippen molar-refractivity contribution in [2.75, 3.05) is 27.2 Å². The third-order valence-electron chi connectivity index (χ3n) is 5.10. The van der Waals surface area contributed by atoms with Crippen LogP contribution in [0.3, 0.4) is 0 Å². The predicted octanol–water partition coefficient (Wildman–Crippen LogP) is 3.01. The Morgan fingerprint density at radius 2 is 2.00 bits per heavy atom. The molecule has 1 aromatic heterocycles. The number of fused-ring (bicyclic) bond motifs is 3. The zero-order chi connectivity index (χ0) is 18.5. The summed E-state index contributed by atoms with van der Waals surface area (Å²) in [6, 6.07) is 8.11. The second-order valence-corrected chi connectivity index (χ2v) is 7.39. The molecule has 140 valence electrons. The first kappa shape index (κ1) is 18.6. The van der Waals surface area contributed by atoms with Crippen molar-refractivity contribution in [3.63, 3.8) is 0 Å². The van der Waals surface area contributed by atoms with Gasteiger partial charge in [0.25, 0.3) is 0 Å². The van der Waals surface area contributed by atoms with Crippen LogP contribution < -0.4 is 5.32 Å². The maximum Gasteiger partial charge on any atom is 0.231 e. The number of carbonyl (C=O) groups is 2. The molecule has 0 aliphatic carbocycles. The van der Waals surface area contributed by atoms with Crippen LogP contribution in [-0.2, 0) is 17.6 Å². The first-order valence-corrected chi connectivity index (χ1v) is 9.63. The molecule has 0 spiro atoms. The van der Waals surface area contributed by atoms with E-state index in [2.05, 4.69) is 16.3 Å². The summed E-state index contributed by atoms with van der Waals surface area (Å²) in [5, 5.41) is 4.20. The first-order chi connectivity index (χ1) is 12.6. The highest BCUT2D eigenvalue weighted by Crippen LogP contribution is 2.30. The van der Waals surface area contributed by atoms with E-state index in [0.29, 0.717) is 19.4 Å². The third-order valence-corrected chi connectivity index (χ3v) is 5.10. The molecule has 0 saturated heterocycles. The van der Waals surface area contributed by atoms with Crippen LogP contribution in [0, 0.1) is 0 Å². The summed E-state index contributed by atoms with van der Waals surface area (Å²) in [6.07, 6.45) is 5.80. The van der Waals surface area contributed by atoms with Gasteiger partial charge in [-0.3, -0.25) is 14.2 Å². The average molecular weight is 355 g/mol. The summed E-state index contributed by atoms with van der Waals surface area (Å²) in [5.74, 6) is 0.316. The van der Waals surface area contributed by atoms with E-state index >= 15 is 0 Å². The van der Waals surface area contributed by atoms with Gasteiger partial charge in [-0.05, 0) is 64.4 Å². The molecule has 5 nitrogen and oxygen atoms in total. The molecule has 0 atom stereocenters. The van der Waals surface area contributed by atoms with Gasteiger partial charge in [0.15, 0.2) is 0 Å². The van der Waals surface area contributed by atoms with Crippen LogP contribution in [0.15, 0.2) is 24.3 Å². The van der Waals surface area contributed by atoms with Crippen LogP contribution in [0.25, 0.3) is 10.9 Å². The number of amides is 1. The lowest BCUT2D eigenvalue weighted by molar-refractivity contribution is -0.121. The van der Waals surface area contributed by atoms with E-state index in [1.807, 2.05) is 36.9 Å². The van der Waals surface area contributed by atoms with Gasteiger partial charge in [0, 0.05) is 30.5 Å². The number of rotatable bonds is 8. The number of para-hydroxylation sites is 1. The van der Waals surface area contributed by atoms with Gasteiger partial charge in [-0.2, -0.15) is 0 Å². The average Bonchev–Trinajstić information content (AvgIpc) is 2.94. The van der Waals surface area contributed by atoms with E-state index in [-0.39, 0.29) is 11.8 Å². The Balaban J connectivity index is 1.61. The lowest BCUT2D eigenvalue weighted by Crippen LogP contribution is -2.26. The van der Waals surface area contributed by atoms with Crippen molar-refractivity contribution >= 4 is 22.7 Å². The number of carbonyl (C=O) groups excluding carboxylic acids is 2. The zero-order valence-electron chi connectivity index (χ0n) is 15.9. The van der Waals surface area contributed by atoms with Gasteiger partial charge in [-0.25, -0.2) is 0 Å². The largest absolute Gasteiger partial charge is 0.356 e. The monoisotopic (exact) mass is 355 g/mol. The van der Waals surface area contributed by atoms with E-state index < -0.39 is 0 Å². The Morgan fingerprint density at radius 1 is 1.19 bits per heavy atom. The molecule has 1 aromatic carbocycles. The van der Waals surface area contributed by atoms with Crippen LogP contribution >= 0.6 is 0 Å². The van der Waals surface area contributed by atoms with Gasteiger partial charge in [-0.15, -0.1) is 0 Å². The molecule has 0 fully saturated rings. The molecule has 5 heteroatoms. The number of aromatic nitrogens is 1. The first-order valence-electron chi connectivity index (χ1n) is 9.63. The summed E-state index contributed by atoms with van der Waals surface area (Å²) in [4.78, 5) is 26.6. The Bertz CT molecular complexity index is 792. The Labute approximate surface area is 155 Å². The van der Waals surface area contributed by atoms with Crippen molar-refractivity contribution in [1.29, 1.82) is 0 Å². The van der Waals surface area contributed by atoms with Crippen molar-refractivity contribution in [2.24, 2.45) is 0 Å². The Hall–Kier alpha value is -2.14. The minimum absolute atomic E-state index is 0.122. The minimum Gasteiger partial charge on any atom is -0.356 e. The smallest absolute Gasteiger partial charge is 0.231 e. The molecule has 1 aliphatic heterocycles. The number of hydrogen-bond donors (Lipinski definition) is 1. The number of nitrogens with zero attached hydrogens (tertiary/aromatic N) is 2. The Kier molecular flexibility index (Phi) is 6.09. The van der Waals surface area contributed by atoms with Crippen molar-refractivity contribution in [3.8, 4) is 0 Å². The fourth-order valence-electron chi connectivity index (χ4n) is 3.83. The van der Waals surface area contributed by atoms with Crippen LogP contribution in [-0.4, -0.2) is 48.5 Å². The second-order valence-electron chi connectivity index (χ2n) is 7.39. The molecule has 3 rings (SSSR count). The standard InChI is InChI=1S/C21H29N3O2/c1-23(2)15-6-5-11-20(25)22-14-13-17-16-8-3-4-9-18(16)24-19(17)10-7-12-21(24)26/h3-4,8-9H,5-7,10-15H2,1-2H3,(H,22,25). The zero-order valence-corrected chi connectivity index (χ0v) is 15.9. The van der Waals surface area contributed by atoms with Crippen LogP contribution in [0.1, 0.15) is 48.2 Å². The van der Waals surface area contributed by atoms with Gasteiger partial charge >= 0.3 is 0 Å². The van der Waals surface area contributed by atoms with Gasteiger partial charge < -0.3 is 10.2 Å². The number of nitrogens with one attached hydrogen (secondary N) is 1. The highest BCUT2D eigenvalue weighted by molar-refractivity contribution is 5.96. The molecule has 0 saturated carbocycles. The summed E-state index contributed by atoms with van der Waals surface area (Å²) < 4.78 is 1.90. The molecule has 0 bridgehead atoms. The van der Waals surface area contributed by atoms with E-state index in [0.717, 1.165) is 55.2 Å². The number of unbranched alkanes of at least 4 members (excludes halogenated alkanes) is 1. The molecular weight excluding hydrogens is 326 g/mol. The summed E-state index contributed by atoms with van der Waals surface area (Å²) in [6.45, 7) is 1.64. The quantitative estimate of drug-likeness (QED) is 0.741. The fourth-order valence-corrected chi connectivity index (χ4v) is 3.83. The molecule has 0 unspecified atom stereocenters. The third kappa shape index (κ3) is 4.15. The Morgan fingerprint density at radius 3 is 2.81 bits per heavy atom. The van der Waals surface area contributed by atoms with Crippen LogP contribution in [0.4, 0.5) is 0 Å². The number of benzene rings is 1. The molecule has 1 N–H and O–H groups in total. The molecule has 26 heavy (non-hydrogen) atoms. The molecular formula is C21H29N3O2. The summed E-state index contributed by atoms with van der Waals surface area (Å²) in [5.41, 5.74) is 3.38. The molecule has 1 aliphatic rings. The summed E-state index contributed by atoms with van der Waals surface area (Å²) >= 11 is 0. The van der Waals surface area contributed by atoms with Gasteiger partial charge in [0.2, 0.25) is 11.8 Å². The van der Waals surface area contributed by atoms with Crippen molar-refractivity contribution in [3.05, 3.63) is 35.5 Å². The van der Waals surface area contributed by atoms with Crippen LogP contribution in [0.5, 0.6) is 0 Å². The normalized spacial score (nSPS) is 14.0.